The maximum atomic E-state index is 12.0. The number of rotatable bonds is 2. The molecule has 5 nitrogen and oxygen atoms in total. The summed E-state index contributed by atoms with van der Waals surface area (Å²) >= 11 is 0. The van der Waals surface area contributed by atoms with E-state index >= 15 is 0 Å². The van der Waals surface area contributed by atoms with Crippen LogP contribution in [0.1, 0.15) is 32.0 Å². The minimum absolute atomic E-state index is 0.115. The number of imidazole rings is 1. The quantitative estimate of drug-likeness (QED) is 0.884. The lowest BCUT2D eigenvalue weighted by molar-refractivity contribution is -0.130. The van der Waals surface area contributed by atoms with E-state index in [-0.39, 0.29) is 24.0 Å². The molecule has 5 heteroatoms. The Balaban J connectivity index is 2.05. The fraction of sp³-hybridized carbons (Fsp3) is 0.429. The Labute approximate surface area is 112 Å². The van der Waals surface area contributed by atoms with Gasteiger partial charge in [0, 0.05) is 30.9 Å². The minimum Gasteiger partial charge on any atom is -0.330 e. The number of likely N-dealkylation sites (tertiary alicyclic amines) is 1. The maximum Gasteiger partial charge on any atom is 0.225 e. The molecule has 2 atom stereocenters. The smallest absolute Gasteiger partial charge is 0.225 e. The summed E-state index contributed by atoms with van der Waals surface area (Å²) < 4.78 is 1.96. The third-order valence-electron chi connectivity index (χ3n) is 3.65. The number of aromatic nitrogens is 2. The number of nitrogens with zero attached hydrogens (tertiary/aromatic N) is 3. The maximum absolute atomic E-state index is 12.0. The molecule has 0 bridgehead atoms. The van der Waals surface area contributed by atoms with Crippen LogP contribution in [0.2, 0.25) is 0 Å². The first-order valence-electron chi connectivity index (χ1n) is 6.58. The summed E-state index contributed by atoms with van der Waals surface area (Å²) in [4.78, 5) is 18.5. The van der Waals surface area contributed by atoms with Gasteiger partial charge in [-0.15, -0.1) is 0 Å². The van der Waals surface area contributed by atoms with E-state index in [1.165, 1.54) is 0 Å². The van der Waals surface area contributed by atoms with Crippen LogP contribution in [0.5, 0.6) is 0 Å². The Bertz CT molecular complexity index is 586. The van der Waals surface area contributed by atoms with Crippen molar-refractivity contribution in [2.45, 2.75) is 38.4 Å². The second-order valence-electron chi connectivity index (χ2n) is 5.34. The average Bonchev–Trinajstić information content (AvgIpc) is 2.88. The number of hydrogen-bond acceptors (Lipinski definition) is 3. The van der Waals surface area contributed by atoms with Crippen LogP contribution in [-0.2, 0) is 4.79 Å². The molecule has 2 unspecified atom stereocenters. The lowest BCUT2D eigenvalue weighted by atomic mass is 10.1. The van der Waals surface area contributed by atoms with Crippen molar-refractivity contribution in [3.05, 3.63) is 36.3 Å². The second-order valence-corrected chi connectivity index (χ2v) is 5.34. The molecule has 2 aromatic rings. The van der Waals surface area contributed by atoms with Gasteiger partial charge in [0.15, 0.2) is 0 Å². The highest BCUT2D eigenvalue weighted by atomic mass is 16.2. The molecule has 19 heavy (non-hydrogen) atoms. The fourth-order valence-corrected chi connectivity index (χ4v) is 2.85. The summed E-state index contributed by atoms with van der Waals surface area (Å²) in [5.74, 6) is 0.115. The molecule has 100 valence electrons. The summed E-state index contributed by atoms with van der Waals surface area (Å²) in [6, 6.07) is 5.69. The lowest BCUT2D eigenvalue weighted by Gasteiger charge is -2.29. The third-order valence-corrected chi connectivity index (χ3v) is 3.65. The summed E-state index contributed by atoms with van der Waals surface area (Å²) in [7, 11) is 0. The van der Waals surface area contributed by atoms with E-state index in [2.05, 4.69) is 4.98 Å². The molecule has 2 aromatic heterocycles. The van der Waals surface area contributed by atoms with Gasteiger partial charge in [-0.2, -0.15) is 0 Å². The van der Waals surface area contributed by atoms with Crippen LogP contribution in [0, 0.1) is 0 Å². The van der Waals surface area contributed by atoms with Gasteiger partial charge in [-0.05, 0) is 26.0 Å². The van der Waals surface area contributed by atoms with E-state index in [0.29, 0.717) is 6.42 Å². The average molecular weight is 258 g/mol. The Hall–Kier alpha value is -1.88. The van der Waals surface area contributed by atoms with Crippen LogP contribution in [0.3, 0.4) is 0 Å². The zero-order valence-electron chi connectivity index (χ0n) is 11.2. The molecule has 3 rings (SSSR count). The monoisotopic (exact) mass is 258 g/mol. The van der Waals surface area contributed by atoms with Gasteiger partial charge in [-0.1, -0.05) is 6.07 Å². The molecule has 0 aliphatic carbocycles. The van der Waals surface area contributed by atoms with E-state index in [9.17, 15) is 4.79 Å². The van der Waals surface area contributed by atoms with Crippen molar-refractivity contribution >= 4 is 11.6 Å². The number of hydrogen-bond donors (Lipinski definition) is 1. The van der Waals surface area contributed by atoms with Crippen LogP contribution < -0.4 is 5.73 Å². The van der Waals surface area contributed by atoms with Gasteiger partial charge in [-0.3, -0.25) is 4.79 Å². The van der Waals surface area contributed by atoms with Crippen LogP contribution in [0.15, 0.2) is 30.6 Å². The van der Waals surface area contributed by atoms with Gasteiger partial charge < -0.3 is 15.0 Å². The first kappa shape index (κ1) is 12.2. The van der Waals surface area contributed by atoms with Gasteiger partial charge in [0.05, 0.1) is 11.7 Å². The zero-order chi connectivity index (χ0) is 13.6. The molecule has 1 fully saturated rings. The molecule has 1 aliphatic heterocycles. The molecule has 0 spiro atoms. The van der Waals surface area contributed by atoms with Crippen LogP contribution in [0.25, 0.3) is 5.65 Å². The Morgan fingerprint density at radius 1 is 1.42 bits per heavy atom. The van der Waals surface area contributed by atoms with Crippen molar-refractivity contribution in [3.8, 4) is 0 Å². The van der Waals surface area contributed by atoms with E-state index in [1.54, 1.807) is 0 Å². The van der Waals surface area contributed by atoms with Crippen molar-refractivity contribution in [1.82, 2.24) is 14.3 Å². The Kier molecular flexibility index (Phi) is 2.78. The summed E-state index contributed by atoms with van der Waals surface area (Å²) in [5.41, 5.74) is 7.90. The number of pyridine rings is 1. The standard InChI is InChI=1S/C14H18N4O/c1-9(2)18-13(19)7-10(15)14(18)11-8-17-6-4-3-5-12(17)16-11/h3-6,8-10,14H,7,15H2,1-2H3. The Morgan fingerprint density at radius 2 is 2.21 bits per heavy atom. The number of amides is 1. The van der Waals surface area contributed by atoms with E-state index in [0.717, 1.165) is 11.3 Å². The van der Waals surface area contributed by atoms with Crippen molar-refractivity contribution in [3.63, 3.8) is 0 Å². The highest BCUT2D eigenvalue weighted by Gasteiger charge is 2.41. The SMILES string of the molecule is CC(C)N1C(=O)CC(N)C1c1cn2ccccc2n1. The van der Waals surface area contributed by atoms with Gasteiger partial charge in [-0.25, -0.2) is 4.98 Å². The molecule has 0 saturated carbocycles. The van der Waals surface area contributed by atoms with E-state index < -0.39 is 0 Å². The first-order valence-corrected chi connectivity index (χ1v) is 6.58. The van der Waals surface area contributed by atoms with Crippen LogP contribution in [0.4, 0.5) is 0 Å². The van der Waals surface area contributed by atoms with Crippen molar-refractivity contribution in [2.75, 3.05) is 0 Å². The number of carbonyl (C=O) groups excluding carboxylic acids is 1. The predicted molar refractivity (Wildman–Crippen MR) is 72.5 cm³/mol. The normalized spacial score (nSPS) is 23.8. The van der Waals surface area contributed by atoms with Gasteiger partial charge in [0.1, 0.15) is 5.65 Å². The molecular weight excluding hydrogens is 240 g/mol. The predicted octanol–water partition coefficient (Wildman–Crippen LogP) is 1.34. The molecular formula is C14H18N4O. The second kappa shape index (κ2) is 4.35. The van der Waals surface area contributed by atoms with Crippen molar-refractivity contribution in [2.24, 2.45) is 5.73 Å². The highest BCUT2D eigenvalue weighted by Crippen LogP contribution is 2.33. The summed E-state index contributed by atoms with van der Waals surface area (Å²) in [6.07, 6.45) is 4.32. The van der Waals surface area contributed by atoms with Crippen molar-refractivity contribution in [1.29, 1.82) is 0 Å². The van der Waals surface area contributed by atoms with Crippen LogP contribution in [-0.4, -0.2) is 32.3 Å². The summed E-state index contributed by atoms with van der Waals surface area (Å²) in [5, 5.41) is 0. The third kappa shape index (κ3) is 1.90. The van der Waals surface area contributed by atoms with E-state index in [4.69, 9.17) is 5.73 Å². The van der Waals surface area contributed by atoms with Gasteiger partial charge >= 0.3 is 0 Å². The van der Waals surface area contributed by atoms with Gasteiger partial charge in [0.2, 0.25) is 5.91 Å². The fourth-order valence-electron chi connectivity index (χ4n) is 2.85. The van der Waals surface area contributed by atoms with E-state index in [1.807, 2.05) is 53.7 Å². The number of fused-ring (bicyclic) bond motifs is 1. The van der Waals surface area contributed by atoms with Crippen molar-refractivity contribution < 1.29 is 4.79 Å². The minimum atomic E-state index is -0.181. The molecule has 1 saturated heterocycles. The topological polar surface area (TPSA) is 63.6 Å². The largest absolute Gasteiger partial charge is 0.330 e. The zero-order valence-corrected chi connectivity index (χ0v) is 11.2. The molecule has 0 radical (unpaired) electrons. The van der Waals surface area contributed by atoms with Gasteiger partial charge in [0.25, 0.3) is 0 Å². The molecule has 2 N–H and O–H groups in total. The molecule has 3 heterocycles. The molecule has 1 amide bonds. The first-order chi connectivity index (χ1) is 9.08. The molecule has 0 aromatic carbocycles. The highest BCUT2D eigenvalue weighted by molar-refractivity contribution is 5.80. The Morgan fingerprint density at radius 3 is 2.89 bits per heavy atom. The number of nitrogens with two attached hydrogens (primary N) is 1. The number of carbonyl (C=O) groups is 1. The molecule has 1 aliphatic rings. The summed E-state index contributed by atoms with van der Waals surface area (Å²) in [6.45, 7) is 4.03. The van der Waals surface area contributed by atoms with Crippen LogP contribution >= 0.6 is 0 Å². The lowest BCUT2D eigenvalue weighted by Crippen LogP contribution is -2.37.